The average Bonchev–Trinajstić information content (AvgIpc) is 2.98. The maximum atomic E-state index is 5.52. The maximum Gasteiger partial charge on any atom is 0.124 e. The van der Waals surface area contributed by atoms with E-state index >= 15 is 0 Å². The normalized spacial score (nSPS) is 12.6. The summed E-state index contributed by atoms with van der Waals surface area (Å²) in [7, 11) is 1.72. The average molecular weight is 304 g/mol. The molecule has 1 atom stereocenters. The van der Waals surface area contributed by atoms with Gasteiger partial charge in [-0.2, -0.15) is 0 Å². The fourth-order valence-corrected chi connectivity index (χ4v) is 3.29. The zero-order valence-electron chi connectivity index (χ0n) is 13.2. The molecule has 2 aromatic rings. The van der Waals surface area contributed by atoms with Gasteiger partial charge < -0.3 is 10.1 Å². The molecule has 0 amide bonds. The second-order valence-electron chi connectivity index (χ2n) is 5.39. The maximum absolute atomic E-state index is 5.52. The van der Waals surface area contributed by atoms with Crippen LogP contribution in [0.3, 0.4) is 0 Å². The Hall–Kier alpha value is -1.39. The molecule has 1 N–H and O–H groups in total. The van der Waals surface area contributed by atoms with E-state index in [9.17, 15) is 0 Å². The first-order valence-electron chi connectivity index (χ1n) is 7.49. The largest absolute Gasteiger partial charge is 0.496 e. The van der Waals surface area contributed by atoms with Crippen molar-refractivity contribution in [2.45, 2.75) is 39.2 Å². The van der Waals surface area contributed by atoms with Gasteiger partial charge in [0.25, 0.3) is 0 Å². The number of rotatable bonds is 7. The SMILES string of the molecule is CCCNC(c1nc(C(C)C)cs1)c1ccccc1OC. The lowest BCUT2D eigenvalue weighted by molar-refractivity contribution is 0.403. The molecule has 0 radical (unpaired) electrons. The molecule has 0 fully saturated rings. The molecule has 1 unspecified atom stereocenters. The Morgan fingerprint density at radius 2 is 2.05 bits per heavy atom. The predicted octanol–water partition coefficient (Wildman–Crippen LogP) is 4.36. The lowest BCUT2D eigenvalue weighted by Crippen LogP contribution is -2.23. The van der Waals surface area contributed by atoms with E-state index in [1.165, 1.54) is 0 Å². The van der Waals surface area contributed by atoms with Crippen LogP contribution < -0.4 is 10.1 Å². The summed E-state index contributed by atoms with van der Waals surface area (Å²) in [5.41, 5.74) is 2.31. The van der Waals surface area contributed by atoms with Crippen LogP contribution in [0.25, 0.3) is 0 Å². The molecule has 1 aromatic carbocycles. The molecule has 0 aliphatic heterocycles. The Bertz CT molecular complexity index is 565. The van der Waals surface area contributed by atoms with Crippen molar-refractivity contribution >= 4 is 11.3 Å². The highest BCUT2D eigenvalue weighted by atomic mass is 32.1. The van der Waals surface area contributed by atoms with Crippen LogP contribution in [0.15, 0.2) is 29.6 Å². The lowest BCUT2D eigenvalue weighted by atomic mass is 10.1. The molecule has 0 aliphatic rings. The van der Waals surface area contributed by atoms with E-state index < -0.39 is 0 Å². The van der Waals surface area contributed by atoms with Gasteiger partial charge in [0.2, 0.25) is 0 Å². The molecule has 0 bridgehead atoms. The van der Waals surface area contributed by atoms with Crippen molar-refractivity contribution in [3.05, 3.63) is 45.9 Å². The highest BCUT2D eigenvalue weighted by molar-refractivity contribution is 7.09. The zero-order valence-corrected chi connectivity index (χ0v) is 14.0. The minimum Gasteiger partial charge on any atom is -0.496 e. The van der Waals surface area contributed by atoms with Crippen LogP contribution in [0.5, 0.6) is 5.75 Å². The number of benzene rings is 1. The number of methoxy groups -OCH3 is 1. The number of ether oxygens (including phenoxy) is 1. The summed E-state index contributed by atoms with van der Waals surface area (Å²) in [6.07, 6.45) is 1.09. The van der Waals surface area contributed by atoms with Crippen LogP contribution in [0, 0.1) is 0 Å². The molecular formula is C17H24N2OS. The van der Waals surface area contributed by atoms with Crippen LogP contribution in [0.1, 0.15) is 55.4 Å². The predicted molar refractivity (Wildman–Crippen MR) is 89.3 cm³/mol. The first-order chi connectivity index (χ1) is 10.2. The molecule has 0 spiro atoms. The third-order valence-corrected chi connectivity index (χ3v) is 4.35. The Balaban J connectivity index is 2.37. The van der Waals surface area contributed by atoms with Gasteiger partial charge in [-0.25, -0.2) is 4.98 Å². The van der Waals surface area contributed by atoms with Crippen LogP contribution in [0.4, 0.5) is 0 Å². The lowest BCUT2D eigenvalue weighted by Gasteiger charge is -2.19. The number of aromatic nitrogens is 1. The second kappa shape index (κ2) is 7.57. The number of thiazole rings is 1. The second-order valence-corrected chi connectivity index (χ2v) is 6.28. The summed E-state index contributed by atoms with van der Waals surface area (Å²) < 4.78 is 5.52. The van der Waals surface area contributed by atoms with Gasteiger partial charge in [-0.05, 0) is 24.9 Å². The van der Waals surface area contributed by atoms with E-state index in [2.05, 4.69) is 43.6 Å². The summed E-state index contributed by atoms with van der Waals surface area (Å²) in [5.74, 6) is 1.37. The van der Waals surface area contributed by atoms with Gasteiger partial charge >= 0.3 is 0 Å². The number of para-hydroxylation sites is 1. The molecule has 0 aliphatic carbocycles. The van der Waals surface area contributed by atoms with E-state index in [-0.39, 0.29) is 6.04 Å². The van der Waals surface area contributed by atoms with Crippen LogP contribution in [0.2, 0.25) is 0 Å². The third-order valence-electron chi connectivity index (χ3n) is 3.43. The Morgan fingerprint density at radius 3 is 2.67 bits per heavy atom. The Morgan fingerprint density at radius 1 is 1.29 bits per heavy atom. The van der Waals surface area contributed by atoms with E-state index in [0.29, 0.717) is 5.92 Å². The van der Waals surface area contributed by atoms with E-state index in [1.54, 1.807) is 18.4 Å². The smallest absolute Gasteiger partial charge is 0.124 e. The Kier molecular flexibility index (Phi) is 5.76. The molecular weight excluding hydrogens is 280 g/mol. The van der Waals surface area contributed by atoms with Crippen molar-refractivity contribution in [3.63, 3.8) is 0 Å². The van der Waals surface area contributed by atoms with Gasteiger partial charge in [0.15, 0.2) is 0 Å². The first-order valence-corrected chi connectivity index (χ1v) is 8.37. The van der Waals surface area contributed by atoms with Crippen LogP contribution in [-0.2, 0) is 0 Å². The fraction of sp³-hybridized carbons (Fsp3) is 0.471. The molecule has 3 nitrogen and oxygen atoms in total. The molecule has 0 saturated heterocycles. The van der Waals surface area contributed by atoms with Gasteiger partial charge in [0.05, 0.1) is 18.8 Å². The summed E-state index contributed by atoms with van der Waals surface area (Å²) in [4.78, 5) is 4.82. The van der Waals surface area contributed by atoms with E-state index in [1.807, 2.05) is 12.1 Å². The first kappa shape index (κ1) is 16.0. The Labute approximate surface area is 131 Å². The number of hydrogen-bond donors (Lipinski definition) is 1. The highest BCUT2D eigenvalue weighted by Gasteiger charge is 2.21. The quantitative estimate of drug-likeness (QED) is 0.825. The monoisotopic (exact) mass is 304 g/mol. The summed E-state index contributed by atoms with van der Waals surface area (Å²) in [5, 5.41) is 6.87. The minimum absolute atomic E-state index is 0.0959. The molecule has 4 heteroatoms. The van der Waals surface area contributed by atoms with Gasteiger partial charge in [-0.15, -0.1) is 11.3 Å². The molecule has 0 saturated carbocycles. The number of nitrogens with zero attached hydrogens (tertiary/aromatic N) is 1. The fourth-order valence-electron chi connectivity index (χ4n) is 2.22. The summed E-state index contributed by atoms with van der Waals surface area (Å²) in [6, 6.07) is 8.27. The standard InChI is InChI=1S/C17H24N2OS/c1-5-10-18-16(13-8-6-7-9-15(13)20-4)17-19-14(11-21-17)12(2)3/h6-9,11-12,16,18H,5,10H2,1-4H3. The van der Waals surface area contributed by atoms with E-state index in [4.69, 9.17) is 9.72 Å². The van der Waals surface area contributed by atoms with Crippen molar-refractivity contribution in [3.8, 4) is 5.75 Å². The molecule has 2 rings (SSSR count). The van der Waals surface area contributed by atoms with Gasteiger partial charge in [-0.3, -0.25) is 0 Å². The van der Waals surface area contributed by atoms with Crippen molar-refractivity contribution in [1.82, 2.24) is 10.3 Å². The van der Waals surface area contributed by atoms with Gasteiger partial charge in [-0.1, -0.05) is 39.0 Å². The number of nitrogens with one attached hydrogen (secondary N) is 1. The van der Waals surface area contributed by atoms with Crippen LogP contribution in [-0.4, -0.2) is 18.6 Å². The van der Waals surface area contributed by atoms with Crippen molar-refractivity contribution < 1.29 is 4.74 Å². The van der Waals surface area contributed by atoms with Gasteiger partial charge in [0, 0.05) is 10.9 Å². The topological polar surface area (TPSA) is 34.2 Å². The van der Waals surface area contributed by atoms with Crippen molar-refractivity contribution in [2.75, 3.05) is 13.7 Å². The van der Waals surface area contributed by atoms with Crippen molar-refractivity contribution in [1.29, 1.82) is 0 Å². The van der Waals surface area contributed by atoms with E-state index in [0.717, 1.165) is 35.0 Å². The van der Waals surface area contributed by atoms with Crippen LogP contribution >= 0.6 is 11.3 Å². The summed E-state index contributed by atoms with van der Waals surface area (Å²) >= 11 is 1.72. The van der Waals surface area contributed by atoms with Crippen molar-refractivity contribution in [2.24, 2.45) is 0 Å². The zero-order chi connectivity index (χ0) is 15.2. The molecule has 1 aromatic heterocycles. The molecule has 21 heavy (non-hydrogen) atoms. The highest BCUT2D eigenvalue weighted by Crippen LogP contribution is 2.32. The number of hydrogen-bond acceptors (Lipinski definition) is 4. The minimum atomic E-state index is 0.0959. The third kappa shape index (κ3) is 3.83. The molecule has 1 heterocycles. The summed E-state index contributed by atoms with van der Waals surface area (Å²) in [6.45, 7) is 7.49. The van der Waals surface area contributed by atoms with Gasteiger partial charge in [0.1, 0.15) is 10.8 Å². The molecule has 114 valence electrons.